The van der Waals surface area contributed by atoms with Crippen molar-refractivity contribution < 1.29 is 23.9 Å². The second-order valence-electron chi connectivity index (χ2n) is 8.07. The summed E-state index contributed by atoms with van der Waals surface area (Å²) in [6.45, 7) is 1.21. The Balaban J connectivity index is 1.61. The molecule has 1 atom stereocenters. The highest BCUT2D eigenvalue weighted by atomic mass is 16.5. The van der Waals surface area contributed by atoms with Crippen LogP contribution >= 0.6 is 0 Å². The zero-order chi connectivity index (χ0) is 23.5. The largest absolute Gasteiger partial charge is 0.469 e. The number of methoxy groups -OCH3 is 1. The van der Waals surface area contributed by atoms with E-state index in [0.29, 0.717) is 32.5 Å². The molecule has 8 nitrogen and oxygen atoms in total. The molecule has 1 aliphatic rings. The van der Waals surface area contributed by atoms with E-state index < -0.39 is 0 Å². The molecule has 2 heterocycles. The Kier molecular flexibility index (Phi) is 9.38. The van der Waals surface area contributed by atoms with Crippen LogP contribution < -0.4 is 0 Å². The van der Waals surface area contributed by atoms with E-state index >= 15 is 0 Å². The number of benzene rings is 1. The van der Waals surface area contributed by atoms with Crippen molar-refractivity contribution in [1.82, 2.24) is 14.8 Å². The second kappa shape index (κ2) is 12.7. The van der Waals surface area contributed by atoms with E-state index in [-0.39, 0.29) is 43.4 Å². The molecule has 33 heavy (non-hydrogen) atoms. The first-order valence-electron chi connectivity index (χ1n) is 11.2. The lowest BCUT2D eigenvalue weighted by atomic mass is 10.1. The number of aryl methyl sites for hydroxylation is 1. The van der Waals surface area contributed by atoms with Gasteiger partial charge in [-0.15, -0.1) is 0 Å². The zero-order valence-corrected chi connectivity index (χ0v) is 19.0. The van der Waals surface area contributed by atoms with Gasteiger partial charge in [0.25, 0.3) is 0 Å². The van der Waals surface area contributed by atoms with Crippen molar-refractivity contribution >= 4 is 17.8 Å². The monoisotopic (exact) mass is 453 g/mol. The number of pyridine rings is 1. The van der Waals surface area contributed by atoms with Gasteiger partial charge in [0, 0.05) is 38.4 Å². The summed E-state index contributed by atoms with van der Waals surface area (Å²) in [4.78, 5) is 44.6. The summed E-state index contributed by atoms with van der Waals surface area (Å²) in [7, 11) is 1.32. The van der Waals surface area contributed by atoms with Crippen molar-refractivity contribution in [3.8, 4) is 0 Å². The lowest BCUT2D eigenvalue weighted by molar-refractivity contribution is -0.142. The normalized spacial score (nSPS) is 16.4. The number of carbonyl (C=O) groups is 3. The van der Waals surface area contributed by atoms with Gasteiger partial charge in [-0.2, -0.15) is 0 Å². The van der Waals surface area contributed by atoms with E-state index in [1.165, 1.54) is 12.7 Å². The van der Waals surface area contributed by atoms with Crippen molar-refractivity contribution in [2.45, 2.75) is 38.4 Å². The summed E-state index contributed by atoms with van der Waals surface area (Å²) in [5, 5.41) is 0. The van der Waals surface area contributed by atoms with Crippen LogP contribution in [0.1, 0.15) is 30.4 Å². The third kappa shape index (κ3) is 7.98. The summed E-state index contributed by atoms with van der Waals surface area (Å²) in [5.41, 5.74) is 2.15. The summed E-state index contributed by atoms with van der Waals surface area (Å²) < 4.78 is 10.8. The summed E-state index contributed by atoms with van der Waals surface area (Å²) >= 11 is 0. The molecule has 0 unspecified atom stereocenters. The summed E-state index contributed by atoms with van der Waals surface area (Å²) in [5.74, 6) is -0.632. The van der Waals surface area contributed by atoms with Gasteiger partial charge in [-0.05, 0) is 36.1 Å². The third-order valence-corrected chi connectivity index (χ3v) is 5.63. The molecular weight excluding hydrogens is 422 g/mol. The summed E-state index contributed by atoms with van der Waals surface area (Å²) in [6, 6.07) is 13.8. The molecule has 8 heteroatoms. The van der Waals surface area contributed by atoms with E-state index in [1.54, 1.807) is 22.2 Å². The molecule has 2 aromatic rings. The summed E-state index contributed by atoms with van der Waals surface area (Å²) in [6.07, 6.45) is 5.01. The van der Waals surface area contributed by atoms with Crippen molar-refractivity contribution in [2.24, 2.45) is 0 Å². The number of rotatable bonds is 10. The maximum absolute atomic E-state index is 12.9. The van der Waals surface area contributed by atoms with E-state index in [2.05, 4.69) is 4.98 Å². The van der Waals surface area contributed by atoms with Gasteiger partial charge in [-0.25, -0.2) is 0 Å². The molecule has 1 aromatic heterocycles. The minimum Gasteiger partial charge on any atom is -0.469 e. The second-order valence-corrected chi connectivity index (χ2v) is 8.07. The van der Waals surface area contributed by atoms with Crippen LogP contribution in [0.4, 0.5) is 0 Å². The standard InChI is InChI=1S/C25H31N3O5/c1-32-25(31)12-15-27-16-22(33-19-21-10-13-26-14-11-21)17-28(18-24(27)30)23(29)9-5-8-20-6-3-2-4-7-20/h2-4,6-7,10-11,13-14,22H,5,8-9,12,15-19H2,1H3/t22-/m0/s1. The highest BCUT2D eigenvalue weighted by Gasteiger charge is 2.30. The number of carbonyl (C=O) groups excluding carboxylic acids is 3. The lowest BCUT2D eigenvalue weighted by Crippen LogP contribution is -2.40. The number of ether oxygens (including phenoxy) is 2. The molecule has 0 spiro atoms. The smallest absolute Gasteiger partial charge is 0.307 e. The molecule has 0 bridgehead atoms. The van der Waals surface area contributed by atoms with Gasteiger partial charge in [0.2, 0.25) is 11.8 Å². The average molecular weight is 454 g/mol. The van der Waals surface area contributed by atoms with Crippen molar-refractivity contribution in [1.29, 1.82) is 0 Å². The van der Waals surface area contributed by atoms with Crippen LogP contribution in [-0.4, -0.2) is 72.0 Å². The number of hydrogen-bond acceptors (Lipinski definition) is 6. The molecule has 1 aromatic carbocycles. The highest BCUT2D eigenvalue weighted by molar-refractivity contribution is 5.85. The fraction of sp³-hybridized carbons (Fsp3) is 0.440. The molecule has 0 radical (unpaired) electrons. The van der Waals surface area contributed by atoms with Crippen LogP contribution in [0, 0.1) is 0 Å². The molecular formula is C25H31N3O5. The van der Waals surface area contributed by atoms with E-state index in [9.17, 15) is 14.4 Å². The molecule has 2 amide bonds. The van der Waals surface area contributed by atoms with Crippen LogP contribution in [-0.2, 0) is 36.9 Å². The van der Waals surface area contributed by atoms with Gasteiger partial charge < -0.3 is 19.3 Å². The molecule has 1 fully saturated rings. The maximum Gasteiger partial charge on any atom is 0.307 e. The zero-order valence-electron chi connectivity index (χ0n) is 19.0. The third-order valence-electron chi connectivity index (χ3n) is 5.63. The number of hydrogen-bond donors (Lipinski definition) is 0. The Bertz CT molecular complexity index is 907. The van der Waals surface area contributed by atoms with Crippen LogP contribution in [0.2, 0.25) is 0 Å². The van der Waals surface area contributed by atoms with Crippen molar-refractivity contribution in [3.05, 3.63) is 66.0 Å². The quantitative estimate of drug-likeness (QED) is 0.513. The first-order valence-corrected chi connectivity index (χ1v) is 11.2. The van der Waals surface area contributed by atoms with Gasteiger partial charge in [0.1, 0.15) is 0 Å². The topological polar surface area (TPSA) is 89.0 Å². The first-order chi connectivity index (χ1) is 16.0. The molecule has 1 saturated heterocycles. The predicted molar refractivity (Wildman–Crippen MR) is 122 cm³/mol. The van der Waals surface area contributed by atoms with Gasteiger partial charge in [-0.3, -0.25) is 19.4 Å². The fourth-order valence-electron chi connectivity index (χ4n) is 3.76. The Morgan fingerprint density at radius 2 is 1.79 bits per heavy atom. The maximum atomic E-state index is 12.9. The number of esters is 1. The fourth-order valence-corrected chi connectivity index (χ4v) is 3.76. The molecule has 0 N–H and O–H groups in total. The number of aromatic nitrogens is 1. The van der Waals surface area contributed by atoms with Gasteiger partial charge in [-0.1, -0.05) is 30.3 Å². The van der Waals surface area contributed by atoms with Gasteiger partial charge >= 0.3 is 5.97 Å². The van der Waals surface area contributed by atoms with Crippen LogP contribution in [0.25, 0.3) is 0 Å². The van der Waals surface area contributed by atoms with Crippen LogP contribution in [0.15, 0.2) is 54.9 Å². The Hall–Kier alpha value is -3.26. The van der Waals surface area contributed by atoms with Crippen LogP contribution in [0.5, 0.6) is 0 Å². The minimum atomic E-state index is -0.379. The first kappa shape index (κ1) is 24.4. The van der Waals surface area contributed by atoms with Crippen molar-refractivity contribution in [2.75, 3.05) is 33.3 Å². The molecule has 176 valence electrons. The Labute approximate surface area is 194 Å². The molecule has 3 rings (SSSR count). The Morgan fingerprint density at radius 3 is 2.52 bits per heavy atom. The van der Waals surface area contributed by atoms with E-state index in [1.807, 2.05) is 42.5 Å². The lowest BCUT2D eigenvalue weighted by Gasteiger charge is -2.24. The number of nitrogens with zero attached hydrogens (tertiary/aromatic N) is 3. The van der Waals surface area contributed by atoms with Crippen molar-refractivity contribution in [3.63, 3.8) is 0 Å². The minimum absolute atomic E-state index is 0.0134. The van der Waals surface area contributed by atoms with Crippen LogP contribution in [0.3, 0.4) is 0 Å². The van der Waals surface area contributed by atoms with E-state index in [0.717, 1.165) is 12.0 Å². The van der Waals surface area contributed by atoms with E-state index in [4.69, 9.17) is 9.47 Å². The average Bonchev–Trinajstić information content (AvgIpc) is 3.01. The Morgan fingerprint density at radius 1 is 1.03 bits per heavy atom. The molecule has 1 aliphatic heterocycles. The molecule has 0 aliphatic carbocycles. The molecule has 0 saturated carbocycles. The SMILES string of the molecule is COC(=O)CCN1C[C@H](OCc2ccncc2)CN(C(=O)CCCc2ccccc2)CC1=O. The van der Waals surface area contributed by atoms with Gasteiger partial charge in [0.05, 0.1) is 32.8 Å². The highest BCUT2D eigenvalue weighted by Crippen LogP contribution is 2.14. The van der Waals surface area contributed by atoms with Gasteiger partial charge in [0.15, 0.2) is 0 Å². The predicted octanol–water partition coefficient (Wildman–Crippen LogP) is 2.22. The number of amides is 2.